The minimum atomic E-state index is -4.94. The van der Waals surface area contributed by atoms with Crippen molar-refractivity contribution in [2.75, 3.05) is 12.3 Å². The van der Waals surface area contributed by atoms with Gasteiger partial charge in [-0.2, -0.15) is 18.2 Å². The molecule has 200 valence electrons. The molecule has 0 saturated carbocycles. The van der Waals surface area contributed by atoms with E-state index in [9.17, 15) is 36.2 Å². The van der Waals surface area contributed by atoms with E-state index in [1.165, 1.54) is 28.9 Å². The standard InChI is InChI=1S/C23H15ClF7N5O2/c24-14-4-3-12(10-5-6-36-16(7-10)34-21(32)35-36)18(26)17(14)20(38)33-9-22(27,28)19(37)13-2-1-11(8-15(13)25)23(29,30)31/h1-8,19,37H,9H2,(H2,32,35)(H,33,38)/t19-/m0/s1. The number of nitrogens with one attached hydrogen (secondary N) is 1. The first-order valence-electron chi connectivity index (χ1n) is 10.5. The van der Waals surface area contributed by atoms with Crippen LogP contribution in [-0.2, 0) is 6.18 Å². The smallest absolute Gasteiger partial charge is 0.382 e. The minimum Gasteiger partial charge on any atom is -0.382 e. The summed E-state index contributed by atoms with van der Waals surface area (Å²) in [6, 6.07) is 5.87. The number of alkyl halides is 5. The molecule has 2 heterocycles. The van der Waals surface area contributed by atoms with E-state index in [2.05, 4.69) is 10.1 Å². The van der Waals surface area contributed by atoms with Crippen molar-refractivity contribution in [3.8, 4) is 11.1 Å². The highest BCUT2D eigenvalue weighted by atomic mass is 35.5. The van der Waals surface area contributed by atoms with Gasteiger partial charge in [-0.15, -0.1) is 5.10 Å². The van der Waals surface area contributed by atoms with Gasteiger partial charge < -0.3 is 16.2 Å². The molecule has 2 aromatic carbocycles. The molecule has 1 amide bonds. The fourth-order valence-electron chi connectivity index (χ4n) is 3.59. The molecule has 38 heavy (non-hydrogen) atoms. The largest absolute Gasteiger partial charge is 0.416 e. The van der Waals surface area contributed by atoms with Crippen LogP contribution in [0.5, 0.6) is 0 Å². The molecule has 0 unspecified atom stereocenters. The van der Waals surface area contributed by atoms with Gasteiger partial charge in [0.05, 0.1) is 22.7 Å². The van der Waals surface area contributed by atoms with Crippen molar-refractivity contribution in [3.05, 3.63) is 82.0 Å². The molecule has 4 N–H and O–H groups in total. The van der Waals surface area contributed by atoms with Crippen molar-refractivity contribution in [2.45, 2.75) is 18.2 Å². The van der Waals surface area contributed by atoms with E-state index >= 15 is 4.39 Å². The minimum absolute atomic E-state index is 0.0426. The number of anilines is 1. The average molecular weight is 562 g/mol. The van der Waals surface area contributed by atoms with E-state index in [-0.39, 0.29) is 28.8 Å². The summed E-state index contributed by atoms with van der Waals surface area (Å²) in [7, 11) is 0. The van der Waals surface area contributed by atoms with Gasteiger partial charge in [0.25, 0.3) is 11.8 Å². The molecule has 1 atom stereocenters. The number of carbonyl (C=O) groups is 1. The van der Waals surface area contributed by atoms with Crippen LogP contribution >= 0.6 is 11.6 Å². The van der Waals surface area contributed by atoms with Gasteiger partial charge in [-0.25, -0.2) is 22.1 Å². The Kier molecular flexibility index (Phi) is 6.97. The fraction of sp³-hybridized carbons (Fsp3) is 0.174. The number of rotatable bonds is 6. The average Bonchev–Trinajstić information content (AvgIpc) is 3.21. The molecule has 4 rings (SSSR count). The summed E-state index contributed by atoms with van der Waals surface area (Å²) >= 11 is 5.94. The third kappa shape index (κ3) is 5.22. The summed E-state index contributed by atoms with van der Waals surface area (Å²) < 4.78 is 98.0. The lowest BCUT2D eigenvalue weighted by Gasteiger charge is -2.24. The van der Waals surface area contributed by atoms with Gasteiger partial charge in [-0.05, 0) is 42.0 Å². The Morgan fingerprint density at radius 3 is 2.47 bits per heavy atom. The number of fused-ring (bicyclic) bond motifs is 1. The Balaban J connectivity index is 1.56. The van der Waals surface area contributed by atoms with E-state index in [4.69, 9.17) is 17.3 Å². The molecular weight excluding hydrogens is 547 g/mol. The Labute approximate surface area is 213 Å². The molecule has 4 aromatic rings. The summed E-state index contributed by atoms with van der Waals surface area (Å²) in [5, 5.41) is 15.1. The molecule has 0 spiro atoms. The molecule has 0 saturated heterocycles. The molecule has 7 nitrogen and oxygen atoms in total. The second-order valence-electron chi connectivity index (χ2n) is 8.05. The number of hydrogen-bond acceptors (Lipinski definition) is 5. The SMILES string of the molecule is Nc1nc2cc(-c3ccc(Cl)c(C(=O)NCC(F)(F)[C@@H](O)c4ccc(C(F)(F)F)cc4F)c3F)ccn2n1. The van der Waals surface area contributed by atoms with Gasteiger partial charge in [0.15, 0.2) is 5.65 Å². The van der Waals surface area contributed by atoms with Crippen molar-refractivity contribution < 1.29 is 40.6 Å². The van der Waals surface area contributed by atoms with Crippen molar-refractivity contribution in [1.82, 2.24) is 19.9 Å². The number of nitrogen functional groups attached to an aromatic ring is 1. The van der Waals surface area contributed by atoms with Gasteiger partial charge in [-0.3, -0.25) is 4.79 Å². The van der Waals surface area contributed by atoms with E-state index in [1.807, 2.05) is 0 Å². The highest BCUT2D eigenvalue weighted by Crippen LogP contribution is 2.36. The molecule has 0 bridgehead atoms. The number of amides is 1. The van der Waals surface area contributed by atoms with Crippen molar-refractivity contribution >= 4 is 29.1 Å². The maximum atomic E-state index is 15.3. The predicted octanol–water partition coefficient (Wildman–Crippen LogP) is 5.03. The lowest BCUT2D eigenvalue weighted by atomic mass is 10.00. The number of aromatic nitrogens is 3. The Morgan fingerprint density at radius 1 is 1.11 bits per heavy atom. The van der Waals surface area contributed by atoms with E-state index < -0.39 is 64.0 Å². The molecule has 0 fully saturated rings. The van der Waals surface area contributed by atoms with Gasteiger partial charge >= 0.3 is 6.18 Å². The van der Waals surface area contributed by atoms with Crippen molar-refractivity contribution in [3.63, 3.8) is 0 Å². The molecule has 0 aliphatic rings. The molecule has 2 aromatic heterocycles. The highest BCUT2D eigenvalue weighted by Gasteiger charge is 2.42. The topological polar surface area (TPSA) is 106 Å². The van der Waals surface area contributed by atoms with Crippen LogP contribution in [-0.4, -0.2) is 38.1 Å². The van der Waals surface area contributed by atoms with Crippen LogP contribution in [0.15, 0.2) is 48.7 Å². The normalized spacial score (nSPS) is 13.1. The van der Waals surface area contributed by atoms with Crippen LogP contribution < -0.4 is 11.1 Å². The Hall–Kier alpha value is -3.91. The first-order valence-corrected chi connectivity index (χ1v) is 10.9. The first kappa shape index (κ1) is 27.1. The number of nitrogens with zero attached hydrogens (tertiary/aromatic N) is 3. The molecular formula is C23H15ClF7N5O2. The van der Waals surface area contributed by atoms with E-state index in [0.717, 1.165) is 6.07 Å². The molecule has 0 aliphatic carbocycles. The fourth-order valence-corrected chi connectivity index (χ4v) is 3.82. The zero-order valence-corrected chi connectivity index (χ0v) is 19.5. The van der Waals surface area contributed by atoms with Gasteiger partial charge in [0.2, 0.25) is 5.95 Å². The maximum absolute atomic E-state index is 15.3. The second-order valence-corrected chi connectivity index (χ2v) is 8.46. The Bertz CT molecular complexity index is 1540. The number of halogens is 8. The van der Waals surface area contributed by atoms with Crippen LogP contribution in [0.3, 0.4) is 0 Å². The number of pyridine rings is 1. The van der Waals surface area contributed by atoms with Crippen LogP contribution in [0.25, 0.3) is 16.8 Å². The predicted molar refractivity (Wildman–Crippen MR) is 121 cm³/mol. The van der Waals surface area contributed by atoms with Crippen molar-refractivity contribution in [2.24, 2.45) is 0 Å². The number of aliphatic hydroxyl groups excluding tert-OH is 1. The second kappa shape index (κ2) is 9.76. The number of benzene rings is 2. The summed E-state index contributed by atoms with van der Waals surface area (Å²) in [5.41, 5.74) is 2.49. The quantitative estimate of drug-likeness (QED) is 0.287. The number of hydrogen-bond donors (Lipinski definition) is 3. The highest BCUT2D eigenvalue weighted by molar-refractivity contribution is 6.34. The van der Waals surface area contributed by atoms with Crippen LogP contribution in [0, 0.1) is 11.6 Å². The van der Waals surface area contributed by atoms with Crippen LogP contribution in [0.1, 0.15) is 27.6 Å². The summed E-state index contributed by atoms with van der Waals surface area (Å²) in [5.74, 6) is -8.59. The molecule has 0 radical (unpaired) electrons. The molecule has 15 heteroatoms. The lowest BCUT2D eigenvalue weighted by molar-refractivity contribution is -0.137. The number of aliphatic hydroxyl groups is 1. The zero-order chi connectivity index (χ0) is 28.0. The monoisotopic (exact) mass is 561 g/mol. The van der Waals surface area contributed by atoms with E-state index in [0.29, 0.717) is 12.1 Å². The van der Waals surface area contributed by atoms with E-state index in [1.54, 1.807) is 5.32 Å². The lowest BCUT2D eigenvalue weighted by Crippen LogP contribution is -2.41. The summed E-state index contributed by atoms with van der Waals surface area (Å²) in [4.78, 5) is 16.6. The third-order valence-corrected chi connectivity index (χ3v) is 5.81. The Morgan fingerprint density at radius 2 is 1.82 bits per heavy atom. The van der Waals surface area contributed by atoms with Crippen molar-refractivity contribution in [1.29, 1.82) is 0 Å². The van der Waals surface area contributed by atoms with Gasteiger partial charge in [-0.1, -0.05) is 17.7 Å². The third-order valence-electron chi connectivity index (χ3n) is 5.49. The zero-order valence-electron chi connectivity index (χ0n) is 18.7. The summed E-state index contributed by atoms with van der Waals surface area (Å²) in [6.45, 7) is -1.63. The van der Waals surface area contributed by atoms with Crippen LogP contribution in [0.4, 0.5) is 36.7 Å². The molecule has 0 aliphatic heterocycles. The summed E-state index contributed by atoms with van der Waals surface area (Å²) in [6.07, 6.45) is -6.45. The number of carbonyl (C=O) groups excluding carboxylic acids is 1. The first-order chi connectivity index (χ1) is 17.7. The van der Waals surface area contributed by atoms with Crippen LogP contribution in [0.2, 0.25) is 5.02 Å². The van der Waals surface area contributed by atoms with Gasteiger partial charge in [0.1, 0.15) is 17.7 Å². The number of nitrogens with two attached hydrogens (primary N) is 1. The maximum Gasteiger partial charge on any atom is 0.416 e. The van der Waals surface area contributed by atoms with Gasteiger partial charge in [0, 0.05) is 17.3 Å².